The van der Waals surface area contributed by atoms with Crippen LogP contribution in [-0.2, 0) is 0 Å². The van der Waals surface area contributed by atoms with Gasteiger partial charge >= 0.3 is 0 Å². The second-order valence-corrected chi connectivity index (χ2v) is 4.60. The molecule has 0 aromatic heterocycles. The van der Waals surface area contributed by atoms with Gasteiger partial charge in [-0.15, -0.1) is 0 Å². The molecule has 1 heteroatoms. The highest BCUT2D eigenvalue weighted by Gasteiger charge is 1.94. The Hall–Kier alpha value is -1.11. The lowest BCUT2D eigenvalue weighted by Crippen LogP contribution is -1.96. The van der Waals surface area contributed by atoms with Crippen LogP contribution in [0.3, 0.4) is 0 Å². The van der Waals surface area contributed by atoms with Crippen LogP contribution in [0.25, 0.3) is 0 Å². The van der Waals surface area contributed by atoms with E-state index in [9.17, 15) is 0 Å². The van der Waals surface area contributed by atoms with Crippen LogP contribution in [0.1, 0.15) is 57.9 Å². The molecule has 94 valence electrons. The molecule has 0 heterocycles. The van der Waals surface area contributed by atoms with E-state index in [-0.39, 0.29) is 0 Å². The van der Waals surface area contributed by atoms with Gasteiger partial charge in [0.2, 0.25) is 0 Å². The number of unbranched alkanes of at least 4 members (excludes halogenated alkanes) is 5. The quantitative estimate of drug-likeness (QED) is 0.447. The molecule has 1 aromatic rings. The van der Waals surface area contributed by atoms with Gasteiger partial charge in [-0.05, 0) is 18.9 Å². The molecular formula is C16H25N. The van der Waals surface area contributed by atoms with E-state index in [1.807, 2.05) is 6.07 Å². The maximum atomic E-state index is 4.63. The molecule has 0 unspecified atom stereocenters. The molecular weight excluding hydrogens is 206 g/mol. The van der Waals surface area contributed by atoms with Crippen molar-refractivity contribution in [3.05, 3.63) is 35.9 Å². The van der Waals surface area contributed by atoms with Gasteiger partial charge in [-0.1, -0.05) is 69.4 Å². The molecule has 1 aromatic carbocycles. The van der Waals surface area contributed by atoms with Gasteiger partial charge in [-0.2, -0.15) is 0 Å². The van der Waals surface area contributed by atoms with E-state index in [1.54, 1.807) is 0 Å². The van der Waals surface area contributed by atoms with Crippen molar-refractivity contribution in [3.63, 3.8) is 0 Å². The maximum Gasteiger partial charge on any atom is 0.0392 e. The molecule has 0 saturated heterocycles. The third-order valence-corrected chi connectivity index (χ3v) is 3.05. The largest absolute Gasteiger partial charge is 0.289 e. The van der Waals surface area contributed by atoms with Gasteiger partial charge in [0.25, 0.3) is 0 Å². The van der Waals surface area contributed by atoms with Crippen LogP contribution < -0.4 is 0 Å². The molecule has 0 radical (unpaired) electrons. The second kappa shape index (κ2) is 8.98. The molecule has 0 fully saturated rings. The van der Waals surface area contributed by atoms with Gasteiger partial charge in [0, 0.05) is 12.3 Å². The lowest BCUT2D eigenvalue weighted by molar-refractivity contribution is 0.612. The Bertz CT molecular complexity index is 314. The third-order valence-electron chi connectivity index (χ3n) is 3.05. The summed E-state index contributed by atoms with van der Waals surface area (Å²) in [6.45, 7) is 5.34. The minimum atomic E-state index is 0.979. The van der Waals surface area contributed by atoms with Crippen molar-refractivity contribution in [2.75, 3.05) is 6.54 Å². The highest BCUT2D eigenvalue weighted by atomic mass is 14.7. The van der Waals surface area contributed by atoms with Crippen molar-refractivity contribution < 1.29 is 0 Å². The first-order valence-electron chi connectivity index (χ1n) is 6.91. The highest BCUT2D eigenvalue weighted by molar-refractivity contribution is 5.98. The van der Waals surface area contributed by atoms with E-state index < -0.39 is 0 Å². The van der Waals surface area contributed by atoms with E-state index in [1.165, 1.54) is 49.8 Å². The van der Waals surface area contributed by atoms with E-state index in [4.69, 9.17) is 0 Å². The van der Waals surface area contributed by atoms with Gasteiger partial charge in [0.05, 0.1) is 0 Å². The fraction of sp³-hybridized carbons (Fsp3) is 0.562. The Kier molecular flexibility index (Phi) is 7.37. The van der Waals surface area contributed by atoms with Crippen LogP contribution in [0.4, 0.5) is 0 Å². The summed E-state index contributed by atoms with van der Waals surface area (Å²) in [5.41, 5.74) is 2.41. The van der Waals surface area contributed by atoms with Crippen LogP contribution in [0.2, 0.25) is 0 Å². The Morgan fingerprint density at radius 1 is 0.941 bits per heavy atom. The van der Waals surface area contributed by atoms with Crippen molar-refractivity contribution in [2.24, 2.45) is 4.99 Å². The first-order valence-corrected chi connectivity index (χ1v) is 6.91. The van der Waals surface area contributed by atoms with Gasteiger partial charge < -0.3 is 0 Å². The Morgan fingerprint density at radius 3 is 2.29 bits per heavy atom. The van der Waals surface area contributed by atoms with Crippen molar-refractivity contribution in [3.8, 4) is 0 Å². The summed E-state index contributed by atoms with van der Waals surface area (Å²) >= 11 is 0. The molecule has 0 atom stereocenters. The summed E-state index contributed by atoms with van der Waals surface area (Å²) in [6.07, 6.45) is 8.02. The molecule has 0 amide bonds. The van der Waals surface area contributed by atoms with Crippen LogP contribution in [0.5, 0.6) is 0 Å². The average molecular weight is 231 g/mol. The molecule has 0 N–H and O–H groups in total. The standard InChI is InChI=1S/C16H25N/c1-3-4-5-6-7-11-14-17-15(2)16-12-9-8-10-13-16/h8-10,12-13H,3-7,11,14H2,1-2H3. The lowest BCUT2D eigenvalue weighted by Gasteiger charge is -2.01. The normalized spacial score (nSPS) is 11.8. The molecule has 0 saturated carbocycles. The molecule has 0 bridgehead atoms. The first-order chi connectivity index (χ1) is 8.34. The topological polar surface area (TPSA) is 12.4 Å². The molecule has 0 aliphatic carbocycles. The molecule has 1 nitrogen and oxygen atoms in total. The van der Waals surface area contributed by atoms with E-state index in [0.717, 1.165) is 6.54 Å². The summed E-state index contributed by atoms with van der Waals surface area (Å²) in [5.74, 6) is 0. The Labute approximate surface area is 106 Å². The van der Waals surface area contributed by atoms with Crippen LogP contribution in [0, 0.1) is 0 Å². The smallest absolute Gasteiger partial charge is 0.0392 e. The summed E-state index contributed by atoms with van der Waals surface area (Å²) in [7, 11) is 0. The zero-order valence-electron chi connectivity index (χ0n) is 11.3. The van der Waals surface area contributed by atoms with Gasteiger partial charge in [-0.25, -0.2) is 0 Å². The Balaban J connectivity index is 2.16. The maximum absolute atomic E-state index is 4.63. The SMILES string of the molecule is CCCCCCCCN=C(C)c1ccccc1. The number of nitrogens with zero attached hydrogens (tertiary/aromatic N) is 1. The second-order valence-electron chi connectivity index (χ2n) is 4.60. The molecule has 17 heavy (non-hydrogen) atoms. The van der Waals surface area contributed by atoms with Gasteiger partial charge in [0.15, 0.2) is 0 Å². The monoisotopic (exact) mass is 231 g/mol. The number of rotatable bonds is 8. The van der Waals surface area contributed by atoms with Crippen molar-refractivity contribution >= 4 is 5.71 Å². The predicted octanol–water partition coefficient (Wildman–Crippen LogP) is 4.86. The number of aliphatic imine (C=N–C) groups is 1. The molecule has 0 aliphatic heterocycles. The van der Waals surface area contributed by atoms with Gasteiger partial charge in [0.1, 0.15) is 0 Å². The fourth-order valence-corrected chi connectivity index (χ4v) is 1.91. The number of hydrogen-bond acceptors (Lipinski definition) is 1. The molecule has 0 aliphatic rings. The predicted molar refractivity (Wildman–Crippen MR) is 76.9 cm³/mol. The van der Waals surface area contributed by atoms with Crippen molar-refractivity contribution in [1.82, 2.24) is 0 Å². The zero-order valence-corrected chi connectivity index (χ0v) is 11.3. The molecule has 1 rings (SSSR count). The van der Waals surface area contributed by atoms with Crippen molar-refractivity contribution in [2.45, 2.75) is 52.4 Å². The first kappa shape index (κ1) is 14.0. The van der Waals surface area contributed by atoms with Crippen molar-refractivity contribution in [1.29, 1.82) is 0 Å². The minimum absolute atomic E-state index is 0.979. The van der Waals surface area contributed by atoms with E-state index >= 15 is 0 Å². The summed E-state index contributed by atoms with van der Waals surface area (Å²) in [4.78, 5) is 4.63. The van der Waals surface area contributed by atoms with Crippen LogP contribution in [0.15, 0.2) is 35.3 Å². The van der Waals surface area contributed by atoms with Crippen LogP contribution >= 0.6 is 0 Å². The third kappa shape index (κ3) is 6.25. The number of hydrogen-bond donors (Lipinski definition) is 0. The highest BCUT2D eigenvalue weighted by Crippen LogP contribution is 2.06. The van der Waals surface area contributed by atoms with E-state index in [0.29, 0.717) is 0 Å². The van der Waals surface area contributed by atoms with Gasteiger partial charge in [-0.3, -0.25) is 4.99 Å². The number of benzene rings is 1. The zero-order chi connectivity index (χ0) is 12.3. The lowest BCUT2D eigenvalue weighted by atomic mass is 10.1. The minimum Gasteiger partial charge on any atom is -0.289 e. The Morgan fingerprint density at radius 2 is 1.59 bits per heavy atom. The molecule has 0 spiro atoms. The average Bonchev–Trinajstić information content (AvgIpc) is 2.38. The van der Waals surface area contributed by atoms with Crippen LogP contribution in [-0.4, -0.2) is 12.3 Å². The van der Waals surface area contributed by atoms with E-state index in [2.05, 4.69) is 43.1 Å². The summed E-state index contributed by atoms with van der Waals surface area (Å²) < 4.78 is 0. The fourth-order valence-electron chi connectivity index (χ4n) is 1.91. The summed E-state index contributed by atoms with van der Waals surface area (Å²) in [5, 5.41) is 0. The summed E-state index contributed by atoms with van der Waals surface area (Å²) in [6, 6.07) is 10.4.